The molecule has 2 N–H and O–H groups in total. The van der Waals surface area contributed by atoms with Crippen LogP contribution in [0.5, 0.6) is 0 Å². The fraction of sp³-hybridized carbons (Fsp3) is 0.214. The van der Waals surface area contributed by atoms with Crippen molar-refractivity contribution in [3.8, 4) is 10.6 Å². The number of carboxylic acids is 1. The van der Waals surface area contributed by atoms with E-state index in [0.717, 1.165) is 10.6 Å². The molecule has 1 amide bonds. The number of carbonyl (C=O) groups excluding carboxylic acids is 1. The molecule has 0 unspecified atom stereocenters. The van der Waals surface area contributed by atoms with E-state index < -0.39 is 17.4 Å². The van der Waals surface area contributed by atoms with Crippen molar-refractivity contribution in [1.29, 1.82) is 0 Å². The number of benzene rings is 1. The van der Waals surface area contributed by atoms with E-state index >= 15 is 0 Å². The molecule has 0 aliphatic heterocycles. The zero-order valence-corrected chi connectivity index (χ0v) is 11.3. The largest absolute Gasteiger partial charge is 0.480 e. The highest BCUT2D eigenvalue weighted by molar-refractivity contribution is 7.13. The predicted molar refractivity (Wildman–Crippen MR) is 74.6 cm³/mol. The molecule has 5 nitrogen and oxygen atoms in total. The lowest BCUT2D eigenvalue weighted by molar-refractivity contribution is -0.140. The first-order valence-corrected chi connectivity index (χ1v) is 7.06. The van der Waals surface area contributed by atoms with Crippen molar-refractivity contribution >= 4 is 23.2 Å². The Balaban J connectivity index is 1.77. The van der Waals surface area contributed by atoms with Crippen LogP contribution in [-0.2, 0) is 4.79 Å². The minimum Gasteiger partial charge on any atom is -0.480 e. The first-order chi connectivity index (χ1) is 9.61. The van der Waals surface area contributed by atoms with Crippen molar-refractivity contribution < 1.29 is 14.7 Å². The molecule has 2 aromatic rings. The third kappa shape index (κ3) is 2.30. The van der Waals surface area contributed by atoms with E-state index in [4.69, 9.17) is 5.11 Å². The average Bonchev–Trinajstić information content (AvgIpc) is 3.07. The molecular formula is C14H12N2O3S. The van der Waals surface area contributed by atoms with Crippen molar-refractivity contribution in [2.24, 2.45) is 0 Å². The molecule has 20 heavy (non-hydrogen) atoms. The van der Waals surface area contributed by atoms with E-state index in [1.807, 2.05) is 30.3 Å². The third-order valence-corrected chi connectivity index (χ3v) is 4.16. The summed E-state index contributed by atoms with van der Waals surface area (Å²) in [6, 6.07) is 9.55. The number of rotatable bonds is 4. The normalized spacial score (nSPS) is 15.6. The zero-order valence-electron chi connectivity index (χ0n) is 10.5. The van der Waals surface area contributed by atoms with Crippen molar-refractivity contribution in [2.45, 2.75) is 18.4 Å². The number of hydrogen-bond donors (Lipinski definition) is 2. The van der Waals surface area contributed by atoms with Gasteiger partial charge in [-0.25, -0.2) is 9.78 Å². The Morgan fingerprint density at radius 3 is 2.55 bits per heavy atom. The Bertz CT molecular complexity index is 662. The summed E-state index contributed by atoms with van der Waals surface area (Å²) in [4.78, 5) is 27.3. The van der Waals surface area contributed by atoms with Crippen LogP contribution in [0.1, 0.15) is 23.3 Å². The molecule has 0 saturated heterocycles. The van der Waals surface area contributed by atoms with E-state index in [0.29, 0.717) is 12.8 Å². The Hall–Kier alpha value is -2.21. The predicted octanol–water partition coefficient (Wildman–Crippen LogP) is 2.16. The smallest absolute Gasteiger partial charge is 0.329 e. The molecule has 0 spiro atoms. The first-order valence-electron chi connectivity index (χ1n) is 6.18. The quantitative estimate of drug-likeness (QED) is 0.903. The summed E-state index contributed by atoms with van der Waals surface area (Å²) >= 11 is 1.37. The first kappa shape index (κ1) is 12.8. The highest BCUT2D eigenvalue weighted by Gasteiger charge is 2.51. The van der Waals surface area contributed by atoms with Gasteiger partial charge in [-0.05, 0) is 12.8 Å². The van der Waals surface area contributed by atoms with Crippen molar-refractivity contribution in [1.82, 2.24) is 10.3 Å². The van der Waals surface area contributed by atoms with Crippen LogP contribution in [-0.4, -0.2) is 27.5 Å². The summed E-state index contributed by atoms with van der Waals surface area (Å²) in [7, 11) is 0. The number of carbonyl (C=O) groups is 2. The minimum absolute atomic E-state index is 0.265. The Labute approximate surface area is 119 Å². The molecule has 0 atom stereocenters. The second-order valence-corrected chi connectivity index (χ2v) is 5.60. The number of hydrogen-bond acceptors (Lipinski definition) is 4. The Morgan fingerprint density at radius 2 is 1.95 bits per heavy atom. The second kappa shape index (κ2) is 4.72. The molecule has 1 fully saturated rings. The van der Waals surface area contributed by atoms with E-state index in [9.17, 15) is 9.59 Å². The van der Waals surface area contributed by atoms with Crippen LogP contribution in [0.3, 0.4) is 0 Å². The lowest BCUT2D eigenvalue weighted by Gasteiger charge is -2.10. The number of nitrogens with one attached hydrogen (secondary N) is 1. The molecule has 102 valence electrons. The van der Waals surface area contributed by atoms with Crippen molar-refractivity contribution in [2.75, 3.05) is 0 Å². The maximum absolute atomic E-state index is 12.0. The molecule has 1 aliphatic carbocycles. The van der Waals surface area contributed by atoms with Gasteiger partial charge in [0, 0.05) is 10.9 Å². The molecular weight excluding hydrogens is 276 g/mol. The topological polar surface area (TPSA) is 79.3 Å². The highest BCUT2D eigenvalue weighted by Crippen LogP contribution is 2.36. The summed E-state index contributed by atoms with van der Waals surface area (Å²) in [6.07, 6.45) is 0.952. The van der Waals surface area contributed by atoms with Gasteiger partial charge in [0.2, 0.25) is 0 Å². The molecule has 1 heterocycles. The highest BCUT2D eigenvalue weighted by atomic mass is 32.1. The summed E-state index contributed by atoms with van der Waals surface area (Å²) in [5.41, 5.74) is 0.130. The number of carboxylic acid groups (broad SMARTS) is 1. The van der Waals surface area contributed by atoms with Crippen LogP contribution in [0.15, 0.2) is 35.7 Å². The summed E-state index contributed by atoms with van der Waals surface area (Å²) < 4.78 is 0. The zero-order chi connectivity index (χ0) is 14.2. The summed E-state index contributed by atoms with van der Waals surface area (Å²) in [5, 5.41) is 14.0. The number of nitrogens with zero attached hydrogens (tertiary/aromatic N) is 1. The monoisotopic (exact) mass is 288 g/mol. The molecule has 1 aromatic carbocycles. The van der Waals surface area contributed by atoms with Gasteiger partial charge in [-0.2, -0.15) is 0 Å². The van der Waals surface area contributed by atoms with Crippen LogP contribution in [0.2, 0.25) is 0 Å². The van der Waals surface area contributed by atoms with Crippen LogP contribution in [0, 0.1) is 0 Å². The third-order valence-electron chi connectivity index (χ3n) is 3.27. The molecule has 1 saturated carbocycles. The standard InChI is InChI=1S/C14H12N2O3S/c17-11(16-14(6-7-14)13(18)19)10-8-20-12(15-10)9-4-2-1-3-5-9/h1-5,8H,6-7H2,(H,16,17)(H,18,19). The number of amides is 1. The Morgan fingerprint density at radius 1 is 1.25 bits per heavy atom. The minimum atomic E-state index is -1.08. The van der Waals surface area contributed by atoms with Gasteiger partial charge in [-0.3, -0.25) is 4.79 Å². The number of thiazole rings is 1. The summed E-state index contributed by atoms with van der Waals surface area (Å²) in [6.45, 7) is 0. The molecule has 0 bridgehead atoms. The van der Waals surface area contributed by atoms with Crippen molar-refractivity contribution in [3.63, 3.8) is 0 Å². The fourth-order valence-corrected chi connectivity index (χ4v) is 2.70. The van der Waals surface area contributed by atoms with E-state index in [2.05, 4.69) is 10.3 Å². The van der Waals surface area contributed by atoms with Gasteiger partial charge in [0.15, 0.2) is 0 Å². The van der Waals surface area contributed by atoms with Crippen molar-refractivity contribution in [3.05, 3.63) is 41.4 Å². The van der Waals surface area contributed by atoms with E-state index in [-0.39, 0.29) is 5.69 Å². The van der Waals surface area contributed by atoms with Gasteiger partial charge in [-0.1, -0.05) is 30.3 Å². The maximum Gasteiger partial charge on any atom is 0.329 e. The van der Waals surface area contributed by atoms with E-state index in [1.165, 1.54) is 11.3 Å². The van der Waals surface area contributed by atoms with Gasteiger partial charge in [0.05, 0.1) is 0 Å². The molecule has 0 radical (unpaired) electrons. The number of aliphatic carboxylic acids is 1. The molecule has 6 heteroatoms. The van der Waals surface area contributed by atoms with E-state index in [1.54, 1.807) is 5.38 Å². The van der Waals surface area contributed by atoms with Crippen LogP contribution in [0.25, 0.3) is 10.6 Å². The van der Waals surface area contributed by atoms with Gasteiger partial charge >= 0.3 is 5.97 Å². The van der Waals surface area contributed by atoms with Gasteiger partial charge in [0.1, 0.15) is 16.2 Å². The molecule has 3 rings (SSSR count). The van der Waals surface area contributed by atoms with Gasteiger partial charge < -0.3 is 10.4 Å². The lowest BCUT2D eigenvalue weighted by atomic mass is 10.2. The maximum atomic E-state index is 12.0. The molecule has 1 aromatic heterocycles. The summed E-state index contributed by atoms with van der Waals surface area (Å²) in [5.74, 6) is -1.41. The number of aromatic nitrogens is 1. The van der Waals surface area contributed by atoms with Crippen LogP contribution < -0.4 is 5.32 Å². The lowest BCUT2D eigenvalue weighted by Crippen LogP contribution is -2.43. The van der Waals surface area contributed by atoms with Crippen LogP contribution >= 0.6 is 11.3 Å². The van der Waals surface area contributed by atoms with Gasteiger partial charge in [0.25, 0.3) is 5.91 Å². The van der Waals surface area contributed by atoms with Gasteiger partial charge in [-0.15, -0.1) is 11.3 Å². The Kier molecular flexibility index (Phi) is 3.02. The van der Waals surface area contributed by atoms with Crippen LogP contribution in [0.4, 0.5) is 0 Å². The SMILES string of the molecule is O=C(NC1(C(=O)O)CC1)c1csc(-c2ccccc2)n1. The molecule has 1 aliphatic rings. The average molecular weight is 288 g/mol. The second-order valence-electron chi connectivity index (χ2n) is 4.75. The fourth-order valence-electron chi connectivity index (χ4n) is 1.89.